The normalized spacial score (nSPS) is 24.0. The van der Waals surface area contributed by atoms with Crippen molar-refractivity contribution in [3.05, 3.63) is 34.9 Å². The highest BCUT2D eigenvalue weighted by Crippen LogP contribution is 2.35. The summed E-state index contributed by atoms with van der Waals surface area (Å²) in [6.45, 7) is 10.2. The Hall–Kier alpha value is -0.860. The maximum atomic E-state index is 3.63. The number of rotatable bonds is 5. The summed E-state index contributed by atoms with van der Waals surface area (Å²) in [5.74, 6) is 0.737. The summed E-state index contributed by atoms with van der Waals surface area (Å²) < 4.78 is 0. The minimum atomic E-state index is 0.576. The summed E-state index contributed by atoms with van der Waals surface area (Å²) in [7, 11) is 2.29. The Morgan fingerprint density at radius 1 is 1.20 bits per heavy atom. The Bertz CT molecular complexity index is 407. The molecular formula is C18H30N2. The second-order valence-corrected chi connectivity index (χ2v) is 6.45. The molecule has 2 nitrogen and oxygen atoms in total. The molecular weight excluding hydrogens is 244 g/mol. The molecule has 20 heavy (non-hydrogen) atoms. The second-order valence-electron chi connectivity index (χ2n) is 6.45. The molecule has 1 aromatic rings. The fourth-order valence-electron chi connectivity index (χ4n) is 3.64. The fraction of sp³-hybridized carbons (Fsp3) is 0.667. The molecule has 0 aromatic heterocycles. The van der Waals surface area contributed by atoms with Crippen LogP contribution in [0.3, 0.4) is 0 Å². The molecule has 1 fully saturated rings. The summed E-state index contributed by atoms with van der Waals surface area (Å²) in [6, 6.07) is 7.61. The van der Waals surface area contributed by atoms with E-state index >= 15 is 0 Å². The molecule has 0 saturated carbocycles. The van der Waals surface area contributed by atoms with E-state index < -0.39 is 0 Å². The van der Waals surface area contributed by atoms with Crippen molar-refractivity contribution in [2.75, 3.05) is 26.7 Å². The maximum absolute atomic E-state index is 3.63. The molecule has 2 rings (SSSR count). The average molecular weight is 274 g/mol. The highest BCUT2D eigenvalue weighted by atomic mass is 15.1. The molecule has 1 N–H and O–H groups in total. The first-order valence-corrected chi connectivity index (χ1v) is 8.11. The van der Waals surface area contributed by atoms with Crippen molar-refractivity contribution in [2.24, 2.45) is 5.92 Å². The first kappa shape index (κ1) is 15.5. The van der Waals surface area contributed by atoms with Crippen LogP contribution in [0.1, 0.15) is 48.9 Å². The van der Waals surface area contributed by atoms with Gasteiger partial charge in [-0.15, -0.1) is 0 Å². The zero-order chi connectivity index (χ0) is 14.5. The summed E-state index contributed by atoms with van der Waals surface area (Å²) in [5, 5.41) is 3.63. The molecule has 1 aliphatic rings. The van der Waals surface area contributed by atoms with Gasteiger partial charge < -0.3 is 5.32 Å². The van der Waals surface area contributed by atoms with Crippen molar-refractivity contribution >= 4 is 0 Å². The maximum Gasteiger partial charge on any atom is 0.0385 e. The highest BCUT2D eigenvalue weighted by Gasteiger charge is 2.30. The van der Waals surface area contributed by atoms with E-state index in [1.165, 1.54) is 42.5 Å². The van der Waals surface area contributed by atoms with Gasteiger partial charge in [-0.2, -0.15) is 0 Å². The van der Waals surface area contributed by atoms with Crippen LogP contribution in [0.4, 0.5) is 0 Å². The molecule has 2 atom stereocenters. The molecule has 2 heteroatoms. The highest BCUT2D eigenvalue weighted by molar-refractivity contribution is 5.31. The van der Waals surface area contributed by atoms with Gasteiger partial charge in [0.05, 0.1) is 0 Å². The predicted molar refractivity (Wildman–Crippen MR) is 87.2 cm³/mol. The topological polar surface area (TPSA) is 15.3 Å². The number of likely N-dealkylation sites (tertiary alicyclic amines) is 1. The van der Waals surface area contributed by atoms with Gasteiger partial charge >= 0.3 is 0 Å². The molecule has 2 unspecified atom stereocenters. The van der Waals surface area contributed by atoms with Crippen LogP contribution in [0, 0.1) is 19.8 Å². The van der Waals surface area contributed by atoms with E-state index in [9.17, 15) is 0 Å². The number of hydrogen-bond acceptors (Lipinski definition) is 2. The lowest BCUT2D eigenvalue weighted by Crippen LogP contribution is -2.40. The van der Waals surface area contributed by atoms with Gasteiger partial charge in [0.25, 0.3) is 0 Å². The van der Waals surface area contributed by atoms with Gasteiger partial charge in [-0.25, -0.2) is 0 Å². The van der Waals surface area contributed by atoms with Gasteiger partial charge in [-0.05, 0) is 71.3 Å². The first-order chi connectivity index (χ1) is 9.61. The van der Waals surface area contributed by atoms with Crippen LogP contribution < -0.4 is 5.32 Å². The molecule has 112 valence electrons. The van der Waals surface area contributed by atoms with Gasteiger partial charge in [0.1, 0.15) is 0 Å². The predicted octanol–water partition coefficient (Wildman–Crippen LogP) is 3.69. The Morgan fingerprint density at radius 2 is 1.90 bits per heavy atom. The minimum absolute atomic E-state index is 0.576. The molecule has 1 aliphatic heterocycles. The third kappa shape index (κ3) is 3.83. The van der Waals surface area contributed by atoms with E-state index in [1.807, 2.05) is 0 Å². The Labute approximate surface area is 124 Å². The molecule has 0 amide bonds. The van der Waals surface area contributed by atoms with Gasteiger partial charge in [-0.3, -0.25) is 4.90 Å². The lowest BCUT2D eigenvalue weighted by molar-refractivity contribution is 0.119. The van der Waals surface area contributed by atoms with Crippen molar-refractivity contribution in [3.63, 3.8) is 0 Å². The largest absolute Gasteiger partial charge is 0.316 e. The van der Waals surface area contributed by atoms with Gasteiger partial charge in [-0.1, -0.05) is 36.2 Å². The van der Waals surface area contributed by atoms with E-state index in [4.69, 9.17) is 0 Å². The molecule has 0 spiro atoms. The molecule has 1 heterocycles. The van der Waals surface area contributed by atoms with Crippen LogP contribution in [-0.2, 0) is 0 Å². The zero-order valence-electron chi connectivity index (χ0n) is 13.6. The summed E-state index contributed by atoms with van der Waals surface area (Å²) in [5.41, 5.74) is 4.28. The Morgan fingerprint density at radius 3 is 2.55 bits per heavy atom. The van der Waals surface area contributed by atoms with Gasteiger partial charge in [0, 0.05) is 6.04 Å². The van der Waals surface area contributed by atoms with Crippen LogP contribution in [-0.4, -0.2) is 31.6 Å². The van der Waals surface area contributed by atoms with Crippen molar-refractivity contribution in [3.8, 4) is 0 Å². The van der Waals surface area contributed by atoms with Crippen LogP contribution in [0.25, 0.3) is 0 Å². The second kappa shape index (κ2) is 7.24. The van der Waals surface area contributed by atoms with E-state index in [-0.39, 0.29) is 0 Å². The number of benzene rings is 1. The van der Waals surface area contributed by atoms with Crippen LogP contribution in [0.15, 0.2) is 18.2 Å². The quantitative estimate of drug-likeness (QED) is 0.824. The van der Waals surface area contributed by atoms with Crippen molar-refractivity contribution in [1.82, 2.24) is 10.2 Å². The SMILES string of the molecule is CCCNCC1CCCN(C)C1c1cc(C)cc(C)c1. The number of hydrogen-bond donors (Lipinski definition) is 1. The lowest BCUT2D eigenvalue weighted by Gasteiger charge is -2.40. The van der Waals surface area contributed by atoms with E-state index in [1.54, 1.807) is 0 Å². The zero-order valence-corrected chi connectivity index (χ0v) is 13.6. The Kier molecular flexibility index (Phi) is 5.62. The molecule has 0 radical (unpaired) electrons. The third-order valence-corrected chi connectivity index (χ3v) is 4.43. The van der Waals surface area contributed by atoms with Crippen molar-refractivity contribution in [1.29, 1.82) is 0 Å². The molecule has 1 saturated heterocycles. The number of piperidine rings is 1. The van der Waals surface area contributed by atoms with E-state index in [0.717, 1.165) is 19.0 Å². The van der Waals surface area contributed by atoms with Crippen LogP contribution >= 0.6 is 0 Å². The van der Waals surface area contributed by atoms with Gasteiger partial charge in [0.2, 0.25) is 0 Å². The van der Waals surface area contributed by atoms with Crippen molar-refractivity contribution < 1.29 is 0 Å². The number of nitrogens with one attached hydrogen (secondary N) is 1. The van der Waals surface area contributed by atoms with Crippen LogP contribution in [0.2, 0.25) is 0 Å². The van der Waals surface area contributed by atoms with Gasteiger partial charge in [0.15, 0.2) is 0 Å². The summed E-state index contributed by atoms with van der Waals surface area (Å²) in [6.07, 6.45) is 3.89. The summed E-state index contributed by atoms with van der Waals surface area (Å²) >= 11 is 0. The first-order valence-electron chi connectivity index (χ1n) is 8.11. The number of nitrogens with zero attached hydrogens (tertiary/aromatic N) is 1. The smallest absolute Gasteiger partial charge is 0.0385 e. The number of aryl methyl sites for hydroxylation is 2. The van der Waals surface area contributed by atoms with Crippen LogP contribution in [0.5, 0.6) is 0 Å². The molecule has 0 aliphatic carbocycles. The fourth-order valence-corrected chi connectivity index (χ4v) is 3.64. The standard InChI is InChI=1S/C18H30N2/c1-5-8-19-13-16-7-6-9-20(4)18(16)17-11-14(2)10-15(3)12-17/h10-12,16,18-19H,5-9,13H2,1-4H3. The van der Waals surface area contributed by atoms with E-state index in [2.05, 4.69) is 56.2 Å². The third-order valence-electron chi connectivity index (χ3n) is 4.43. The van der Waals surface area contributed by atoms with Crippen molar-refractivity contribution in [2.45, 2.75) is 46.1 Å². The molecule has 1 aromatic carbocycles. The Balaban J connectivity index is 2.18. The average Bonchev–Trinajstić information content (AvgIpc) is 2.38. The monoisotopic (exact) mass is 274 g/mol. The minimum Gasteiger partial charge on any atom is -0.316 e. The summed E-state index contributed by atoms with van der Waals surface area (Å²) in [4.78, 5) is 2.55. The van der Waals surface area contributed by atoms with E-state index in [0.29, 0.717) is 6.04 Å². The lowest BCUT2D eigenvalue weighted by atomic mass is 9.84. The molecule has 0 bridgehead atoms.